The Labute approximate surface area is 142 Å². The third-order valence-electron chi connectivity index (χ3n) is 4.04. The maximum atomic E-state index is 4.30. The fraction of sp³-hybridized carbons (Fsp3) is 0.316. The summed E-state index contributed by atoms with van der Waals surface area (Å²) in [5, 5.41) is 2.15. The van der Waals surface area contributed by atoms with E-state index < -0.39 is 0 Å². The smallest absolute Gasteiger partial charge is 0.0948 e. The molecular formula is C19H23N3S. The van der Waals surface area contributed by atoms with Crippen molar-refractivity contribution in [2.24, 2.45) is 0 Å². The van der Waals surface area contributed by atoms with Gasteiger partial charge in [0.15, 0.2) is 0 Å². The molecular weight excluding hydrogens is 302 g/mol. The third kappa shape index (κ3) is 4.53. The van der Waals surface area contributed by atoms with Gasteiger partial charge in [0.05, 0.1) is 12.0 Å². The Bertz CT molecular complexity index is 689. The number of imidazole rings is 1. The molecule has 0 aliphatic rings. The zero-order chi connectivity index (χ0) is 15.9. The van der Waals surface area contributed by atoms with Crippen LogP contribution in [0.4, 0.5) is 0 Å². The molecule has 0 saturated heterocycles. The quantitative estimate of drug-likeness (QED) is 0.618. The second-order valence-electron chi connectivity index (χ2n) is 5.70. The van der Waals surface area contributed by atoms with Gasteiger partial charge < -0.3 is 4.57 Å². The molecule has 0 atom stereocenters. The van der Waals surface area contributed by atoms with E-state index >= 15 is 0 Å². The number of benzene rings is 1. The van der Waals surface area contributed by atoms with Gasteiger partial charge in [0.25, 0.3) is 0 Å². The van der Waals surface area contributed by atoms with Gasteiger partial charge in [-0.05, 0) is 30.4 Å². The lowest BCUT2D eigenvalue weighted by Crippen LogP contribution is -2.26. The summed E-state index contributed by atoms with van der Waals surface area (Å²) in [4.78, 5) is 8.23. The molecule has 2 aromatic heterocycles. The lowest BCUT2D eigenvalue weighted by molar-refractivity contribution is 0.255. The minimum Gasteiger partial charge on any atom is -0.334 e. The monoisotopic (exact) mass is 325 g/mol. The fourth-order valence-electron chi connectivity index (χ4n) is 2.76. The molecule has 4 heteroatoms. The van der Waals surface area contributed by atoms with E-state index in [2.05, 4.69) is 69.2 Å². The first-order valence-corrected chi connectivity index (χ1v) is 9.01. The largest absolute Gasteiger partial charge is 0.334 e. The van der Waals surface area contributed by atoms with Gasteiger partial charge in [-0.25, -0.2) is 4.98 Å². The molecule has 3 rings (SSSR count). The molecule has 0 unspecified atom stereocenters. The van der Waals surface area contributed by atoms with Crippen LogP contribution in [0.5, 0.6) is 0 Å². The molecule has 3 aromatic rings. The summed E-state index contributed by atoms with van der Waals surface area (Å²) in [5.74, 6) is 0. The average Bonchev–Trinajstić information content (AvgIpc) is 3.25. The van der Waals surface area contributed by atoms with Crippen molar-refractivity contribution in [1.82, 2.24) is 14.5 Å². The highest BCUT2D eigenvalue weighted by atomic mass is 32.1. The number of hydrogen-bond acceptors (Lipinski definition) is 3. The molecule has 2 heterocycles. The van der Waals surface area contributed by atoms with Crippen LogP contribution in [-0.2, 0) is 26.1 Å². The fourth-order valence-corrected chi connectivity index (χ4v) is 3.51. The maximum absolute atomic E-state index is 4.30. The molecule has 1 aromatic carbocycles. The van der Waals surface area contributed by atoms with Gasteiger partial charge in [0, 0.05) is 37.3 Å². The van der Waals surface area contributed by atoms with Crippen molar-refractivity contribution >= 4 is 11.3 Å². The Morgan fingerprint density at radius 1 is 1.09 bits per heavy atom. The number of rotatable bonds is 8. The molecule has 0 bridgehead atoms. The van der Waals surface area contributed by atoms with Crippen molar-refractivity contribution in [3.63, 3.8) is 0 Å². The standard InChI is InChI=1S/C19H23N3S/c1-2-22-16-20-13-18(22)14-21(15-19-9-6-12-23-19)11-10-17-7-4-3-5-8-17/h3-9,12-13,16H,2,10-11,14-15H2,1H3. The summed E-state index contributed by atoms with van der Waals surface area (Å²) < 4.78 is 2.23. The molecule has 0 aliphatic carbocycles. The van der Waals surface area contributed by atoms with E-state index in [0.29, 0.717) is 0 Å². The van der Waals surface area contributed by atoms with Crippen LogP contribution < -0.4 is 0 Å². The number of nitrogens with zero attached hydrogens (tertiary/aromatic N) is 3. The van der Waals surface area contributed by atoms with Crippen LogP contribution in [0.2, 0.25) is 0 Å². The topological polar surface area (TPSA) is 21.1 Å². The van der Waals surface area contributed by atoms with Gasteiger partial charge in [-0.3, -0.25) is 4.90 Å². The first kappa shape index (κ1) is 16.0. The van der Waals surface area contributed by atoms with Crippen LogP contribution >= 0.6 is 11.3 Å². The van der Waals surface area contributed by atoms with Gasteiger partial charge in [0.1, 0.15) is 0 Å². The number of hydrogen-bond donors (Lipinski definition) is 0. The van der Waals surface area contributed by atoms with Crippen LogP contribution in [0.15, 0.2) is 60.4 Å². The van der Waals surface area contributed by atoms with Crippen molar-refractivity contribution in [1.29, 1.82) is 0 Å². The highest BCUT2D eigenvalue weighted by molar-refractivity contribution is 7.09. The molecule has 0 amide bonds. The second-order valence-corrected chi connectivity index (χ2v) is 6.73. The van der Waals surface area contributed by atoms with E-state index in [-0.39, 0.29) is 0 Å². The van der Waals surface area contributed by atoms with Gasteiger partial charge in [-0.15, -0.1) is 11.3 Å². The second kappa shape index (κ2) is 8.09. The predicted octanol–water partition coefficient (Wildman–Crippen LogP) is 4.21. The van der Waals surface area contributed by atoms with E-state index in [4.69, 9.17) is 0 Å². The maximum Gasteiger partial charge on any atom is 0.0948 e. The molecule has 0 saturated carbocycles. The molecule has 0 aliphatic heterocycles. The summed E-state index contributed by atoms with van der Waals surface area (Å²) >= 11 is 1.83. The molecule has 23 heavy (non-hydrogen) atoms. The average molecular weight is 325 g/mol. The molecule has 0 spiro atoms. The van der Waals surface area contributed by atoms with Crippen LogP contribution in [0.1, 0.15) is 23.1 Å². The molecule has 3 nitrogen and oxygen atoms in total. The highest BCUT2D eigenvalue weighted by Gasteiger charge is 2.11. The lowest BCUT2D eigenvalue weighted by atomic mass is 10.1. The van der Waals surface area contributed by atoms with Gasteiger partial charge in [-0.1, -0.05) is 36.4 Å². The normalized spacial score (nSPS) is 11.2. The number of thiophene rings is 1. The SMILES string of the molecule is CCn1cncc1CN(CCc1ccccc1)Cc1cccs1. The Morgan fingerprint density at radius 2 is 1.96 bits per heavy atom. The van der Waals surface area contributed by atoms with Crippen LogP contribution in [0.3, 0.4) is 0 Å². The van der Waals surface area contributed by atoms with Crippen molar-refractivity contribution in [3.8, 4) is 0 Å². The van der Waals surface area contributed by atoms with Crippen molar-refractivity contribution in [3.05, 3.63) is 76.5 Å². The highest BCUT2D eigenvalue weighted by Crippen LogP contribution is 2.15. The van der Waals surface area contributed by atoms with E-state index in [1.165, 1.54) is 16.1 Å². The summed E-state index contributed by atoms with van der Waals surface area (Å²) in [6.07, 6.45) is 5.00. The first-order valence-electron chi connectivity index (χ1n) is 8.13. The summed E-state index contributed by atoms with van der Waals surface area (Å²) in [6.45, 7) is 6.13. The summed E-state index contributed by atoms with van der Waals surface area (Å²) in [7, 11) is 0. The first-order chi connectivity index (χ1) is 11.3. The minimum atomic E-state index is 0.943. The summed E-state index contributed by atoms with van der Waals surface area (Å²) in [6, 6.07) is 15.1. The molecule has 0 N–H and O–H groups in total. The molecule has 0 radical (unpaired) electrons. The Hall–Kier alpha value is -1.91. The molecule has 0 fully saturated rings. The summed E-state index contributed by atoms with van der Waals surface area (Å²) in [5.41, 5.74) is 2.68. The third-order valence-corrected chi connectivity index (χ3v) is 4.91. The van der Waals surface area contributed by atoms with Gasteiger partial charge >= 0.3 is 0 Å². The predicted molar refractivity (Wildman–Crippen MR) is 96.5 cm³/mol. The van der Waals surface area contributed by atoms with E-state index in [0.717, 1.165) is 32.6 Å². The lowest BCUT2D eigenvalue weighted by Gasteiger charge is -2.22. The van der Waals surface area contributed by atoms with Crippen LogP contribution in [-0.4, -0.2) is 21.0 Å². The Morgan fingerprint density at radius 3 is 2.70 bits per heavy atom. The molecule has 120 valence electrons. The number of aryl methyl sites for hydroxylation is 1. The zero-order valence-electron chi connectivity index (χ0n) is 13.6. The van der Waals surface area contributed by atoms with Crippen molar-refractivity contribution < 1.29 is 0 Å². The Kier molecular flexibility index (Phi) is 5.61. The van der Waals surface area contributed by atoms with E-state index in [1.54, 1.807) is 0 Å². The van der Waals surface area contributed by atoms with Gasteiger partial charge in [0.2, 0.25) is 0 Å². The van der Waals surface area contributed by atoms with Crippen LogP contribution in [0.25, 0.3) is 0 Å². The van der Waals surface area contributed by atoms with Crippen molar-refractivity contribution in [2.45, 2.75) is 33.0 Å². The minimum absolute atomic E-state index is 0.943. The number of aromatic nitrogens is 2. The Balaban J connectivity index is 1.68. The van der Waals surface area contributed by atoms with E-state index in [1.807, 2.05) is 23.9 Å². The zero-order valence-corrected chi connectivity index (χ0v) is 14.4. The van der Waals surface area contributed by atoms with Crippen LogP contribution in [0, 0.1) is 0 Å². The van der Waals surface area contributed by atoms with Gasteiger partial charge in [-0.2, -0.15) is 0 Å². The van der Waals surface area contributed by atoms with E-state index in [9.17, 15) is 0 Å². The van der Waals surface area contributed by atoms with Crippen molar-refractivity contribution in [2.75, 3.05) is 6.54 Å².